The van der Waals surface area contributed by atoms with Gasteiger partial charge in [0.2, 0.25) is 0 Å². The van der Waals surface area contributed by atoms with E-state index in [1.807, 2.05) is 6.07 Å². The third-order valence-corrected chi connectivity index (χ3v) is 8.35. The number of fused-ring (bicyclic) bond motifs is 2. The number of halogens is 1. The van der Waals surface area contributed by atoms with Crippen molar-refractivity contribution in [1.29, 1.82) is 0 Å². The van der Waals surface area contributed by atoms with Crippen LogP contribution in [-0.2, 0) is 10.8 Å². The van der Waals surface area contributed by atoms with Crippen molar-refractivity contribution in [2.45, 2.75) is 63.7 Å². The number of anilines is 1. The summed E-state index contributed by atoms with van der Waals surface area (Å²) in [7, 11) is 2.08. The van der Waals surface area contributed by atoms with Gasteiger partial charge in [-0.05, 0) is 66.3 Å². The van der Waals surface area contributed by atoms with Crippen molar-refractivity contribution in [1.82, 2.24) is 0 Å². The fourth-order valence-corrected chi connectivity index (χ4v) is 6.12. The van der Waals surface area contributed by atoms with E-state index in [1.54, 1.807) is 12.1 Å². The average Bonchev–Trinajstić information content (AvgIpc) is 3.03. The fraction of sp³-hybridized carbons (Fsp3) is 0.379. The van der Waals surface area contributed by atoms with Crippen LogP contribution in [0.1, 0.15) is 62.6 Å². The van der Waals surface area contributed by atoms with Crippen LogP contribution in [0.4, 0.5) is 11.4 Å². The Morgan fingerprint density at radius 3 is 2.56 bits per heavy atom. The molecule has 1 spiro atoms. The summed E-state index contributed by atoms with van der Waals surface area (Å²) in [6.45, 7) is 11.0. The molecule has 0 aromatic heterocycles. The minimum atomic E-state index is -0.283. The van der Waals surface area contributed by atoms with Gasteiger partial charge in [-0.25, -0.2) is 0 Å². The normalized spacial score (nSPS) is 18.6. The second kappa shape index (κ2) is 9.18. The van der Waals surface area contributed by atoms with Gasteiger partial charge in [-0.15, -0.1) is 0 Å². The van der Waals surface area contributed by atoms with Crippen LogP contribution in [0.3, 0.4) is 0 Å². The van der Waals surface area contributed by atoms with Crippen LogP contribution in [-0.4, -0.2) is 12.0 Å². The molecule has 1 saturated carbocycles. The second-order valence-corrected chi connectivity index (χ2v) is 11.1. The van der Waals surface area contributed by atoms with E-state index in [-0.39, 0.29) is 21.4 Å². The summed E-state index contributed by atoms with van der Waals surface area (Å²) in [5.41, 5.74) is 6.75. The molecule has 1 aliphatic carbocycles. The minimum absolute atomic E-state index is 0.156. The lowest BCUT2D eigenvalue weighted by molar-refractivity contribution is -0.384. The van der Waals surface area contributed by atoms with E-state index < -0.39 is 0 Å². The maximum Gasteiger partial charge on any atom is 0.269 e. The van der Waals surface area contributed by atoms with E-state index in [0.29, 0.717) is 0 Å². The number of nitro groups is 1. The van der Waals surface area contributed by atoms with Crippen LogP contribution in [0.25, 0.3) is 0 Å². The maximum atomic E-state index is 11.5. The van der Waals surface area contributed by atoms with Crippen molar-refractivity contribution in [3.8, 4) is 0 Å². The van der Waals surface area contributed by atoms with E-state index in [1.165, 1.54) is 23.2 Å². The number of benzene rings is 2. The molecule has 0 bridgehead atoms. The first-order valence-corrected chi connectivity index (χ1v) is 12.7. The Kier molecular flexibility index (Phi) is 6.61. The minimum Gasteiger partial charge on any atom is -0.347 e. The monoisotopic (exact) mass is 520 g/mol. The molecule has 2 aromatic rings. The molecule has 0 saturated heterocycles. The number of nitrogens with zero attached hydrogens (tertiary/aromatic N) is 2. The molecule has 1 fully saturated rings. The van der Waals surface area contributed by atoms with Crippen LogP contribution < -0.4 is 4.90 Å². The molecule has 1 heterocycles. The van der Waals surface area contributed by atoms with Gasteiger partial charge in [0.15, 0.2) is 0 Å². The molecule has 0 amide bonds. The number of hydrogen-bond acceptors (Lipinski definition) is 3. The predicted octanol–water partition coefficient (Wildman–Crippen LogP) is 8.29. The fourth-order valence-electron chi connectivity index (χ4n) is 5.76. The predicted molar refractivity (Wildman–Crippen MR) is 145 cm³/mol. The number of rotatable bonds is 5. The van der Waals surface area contributed by atoms with E-state index in [4.69, 9.17) is 0 Å². The molecular formula is C29H33BrN2O2. The Balaban J connectivity index is 1.69. The Labute approximate surface area is 211 Å². The van der Waals surface area contributed by atoms with Crippen LogP contribution in [0, 0.1) is 17.0 Å². The zero-order valence-electron chi connectivity index (χ0n) is 20.5. The van der Waals surface area contributed by atoms with E-state index >= 15 is 0 Å². The molecule has 2 aliphatic rings. The number of hydrogen-bond donors (Lipinski definition) is 0. The third kappa shape index (κ3) is 4.15. The molecule has 0 N–H and O–H groups in total. The average molecular weight is 521 g/mol. The van der Waals surface area contributed by atoms with E-state index in [2.05, 4.69) is 91.7 Å². The Bertz CT molecular complexity index is 1200. The van der Waals surface area contributed by atoms with Gasteiger partial charge in [0.05, 0.1) is 4.92 Å². The molecule has 5 heteroatoms. The molecular weight excluding hydrogens is 488 g/mol. The van der Waals surface area contributed by atoms with Gasteiger partial charge < -0.3 is 4.90 Å². The number of aryl methyl sites for hydroxylation is 1. The SMILES string of the molecule is C=C(/C=C/C=C1/N(C)c2ccc([N+](=O)[O-])cc2C12CCCCC2)C(C)(C)c1cc(Br)ccc1C. The molecule has 0 unspecified atom stereocenters. The van der Waals surface area contributed by atoms with Crippen LogP contribution in [0.5, 0.6) is 0 Å². The van der Waals surface area contributed by atoms with Crippen molar-refractivity contribution < 1.29 is 4.92 Å². The number of allylic oxidation sites excluding steroid dienone is 5. The van der Waals surface area contributed by atoms with Crippen LogP contribution >= 0.6 is 15.9 Å². The molecule has 34 heavy (non-hydrogen) atoms. The molecule has 1 aliphatic heterocycles. The zero-order valence-corrected chi connectivity index (χ0v) is 22.1. The summed E-state index contributed by atoms with van der Waals surface area (Å²) >= 11 is 3.61. The molecule has 2 aromatic carbocycles. The summed E-state index contributed by atoms with van der Waals surface area (Å²) in [6.07, 6.45) is 12.0. The summed E-state index contributed by atoms with van der Waals surface area (Å²) in [5, 5.41) is 11.5. The quantitative estimate of drug-likeness (QED) is 0.226. The maximum absolute atomic E-state index is 11.5. The standard InChI is InChI=1S/C29H33BrN2O2/c1-20-12-13-22(30)18-24(20)28(3,4)21(2)10-9-11-27-29(16-7-6-8-17-29)25-19-23(32(33)34)14-15-26(25)31(27)5/h9-15,18-19H,2,6-8,16-17H2,1,3-5H3/b10-9+,27-11+. The van der Waals surface area contributed by atoms with Crippen LogP contribution in [0.15, 0.2) is 76.9 Å². The van der Waals surface area contributed by atoms with Gasteiger partial charge in [-0.2, -0.15) is 0 Å². The molecule has 0 radical (unpaired) electrons. The van der Waals surface area contributed by atoms with Gasteiger partial charge in [0.1, 0.15) is 0 Å². The summed E-state index contributed by atoms with van der Waals surface area (Å²) in [6, 6.07) is 11.7. The zero-order chi connectivity index (χ0) is 24.7. The third-order valence-electron chi connectivity index (χ3n) is 7.85. The van der Waals surface area contributed by atoms with Gasteiger partial charge in [0.25, 0.3) is 5.69 Å². The first-order valence-electron chi connectivity index (χ1n) is 12.0. The number of nitro benzene ring substituents is 1. The second-order valence-electron chi connectivity index (χ2n) is 10.2. The van der Waals surface area contributed by atoms with Crippen molar-refractivity contribution in [2.24, 2.45) is 0 Å². The van der Waals surface area contributed by atoms with Gasteiger partial charge in [0, 0.05) is 45.9 Å². The summed E-state index contributed by atoms with van der Waals surface area (Å²) in [4.78, 5) is 13.4. The topological polar surface area (TPSA) is 46.4 Å². The first kappa shape index (κ1) is 24.5. The summed E-state index contributed by atoms with van der Waals surface area (Å²) in [5.74, 6) is 0. The van der Waals surface area contributed by atoms with Gasteiger partial charge in [-0.3, -0.25) is 10.1 Å². The number of likely N-dealkylation sites (N-methyl/N-ethyl adjacent to an activating group) is 1. The highest BCUT2D eigenvalue weighted by Crippen LogP contribution is 2.55. The first-order chi connectivity index (χ1) is 16.1. The van der Waals surface area contributed by atoms with Crippen molar-refractivity contribution in [3.05, 3.63) is 104 Å². The summed E-state index contributed by atoms with van der Waals surface area (Å²) < 4.78 is 1.07. The van der Waals surface area contributed by atoms with Gasteiger partial charge >= 0.3 is 0 Å². The highest BCUT2D eigenvalue weighted by Gasteiger charge is 2.46. The lowest BCUT2D eigenvalue weighted by Crippen LogP contribution is -2.31. The van der Waals surface area contributed by atoms with Gasteiger partial charge in [-0.1, -0.05) is 73.8 Å². The lowest BCUT2D eigenvalue weighted by Gasteiger charge is -2.36. The Morgan fingerprint density at radius 2 is 1.88 bits per heavy atom. The largest absolute Gasteiger partial charge is 0.347 e. The van der Waals surface area contributed by atoms with Crippen LogP contribution in [0.2, 0.25) is 0 Å². The van der Waals surface area contributed by atoms with Crippen molar-refractivity contribution in [2.75, 3.05) is 11.9 Å². The highest BCUT2D eigenvalue weighted by atomic mass is 79.9. The Hall–Kier alpha value is -2.66. The molecule has 4 rings (SSSR count). The van der Waals surface area contributed by atoms with Crippen molar-refractivity contribution in [3.63, 3.8) is 0 Å². The smallest absolute Gasteiger partial charge is 0.269 e. The molecule has 0 atom stereocenters. The molecule has 4 nitrogen and oxygen atoms in total. The van der Waals surface area contributed by atoms with E-state index in [0.717, 1.165) is 47.0 Å². The highest BCUT2D eigenvalue weighted by molar-refractivity contribution is 9.10. The number of non-ortho nitro benzene ring substituents is 1. The lowest BCUT2D eigenvalue weighted by atomic mass is 9.68. The van der Waals surface area contributed by atoms with Crippen molar-refractivity contribution >= 4 is 27.3 Å². The molecule has 178 valence electrons. The Morgan fingerprint density at radius 1 is 1.18 bits per heavy atom. The van der Waals surface area contributed by atoms with E-state index in [9.17, 15) is 10.1 Å².